The average molecular weight is 313 g/mol. The molecule has 0 fully saturated rings. The van der Waals surface area contributed by atoms with Gasteiger partial charge in [0.2, 0.25) is 10.0 Å². The molecule has 1 aromatic rings. The highest BCUT2D eigenvalue weighted by atomic mass is 32.2. The Labute approximate surface area is 129 Å². The van der Waals surface area contributed by atoms with Crippen molar-refractivity contribution >= 4 is 10.0 Å². The molecule has 1 N–H and O–H groups in total. The number of rotatable bonds is 8. The SMILES string of the molecule is CCN(C(C)CN(C)C)S(=O)(=O)c1ccc(CNC)cc1. The maximum Gasteiger partial charge on any atom is 0.243 e. The number of nitrogens with zero attached hydrogens (tertiary/aromatic N) is 2. The zero-order chi connectivity index (χ0) is 16.0. The van der Waals surface area contributed by atoms with Gasteiger partial charge in [-0.25, -0.2) is 8.42 Å². The molecule has 0 aliphatic rings. The lowest BCUT2D eigenvalue weighted by Gasteiger charge is -2.29. The van der Waals surface area contributed by atoms with Crippen LogP contribution in [0, 0.1) is 0 Å². The first-order chi connectivity index (χ1) is 9.82. The van der Waals surface area contributed by atoms with Crippen molar-refractivity contribution in [3.63, 3.8) is 0 Å². The van der Waals surface area contributed by atoms with Gasteiger partial charge in [-0.2, -0.15) is 4.31 Å². The molecule has 0 radical (unpaired) electrons. The first-order valence-corrected chi connectivity index (χ1v) is 8.67. The minimum absolute atomic E-state index is 0.0630. The quantitative estimate of drug-likeness (QED) is 0.787. The van der Waals surface area contributed by atoms with Crippen molar-refractivity contribution < 1.29 is 8.42 Å². The molecule has 21 heavy (non-hydrogen) atoms. The van der Waals surface area contributed by atoms with Crippen LogP contribution in [0.2, 0.25) is 0 Å². The largest absolute Gasteiger partial charge is 0.316 e. The third-order valence-electron chi connectivity index (χ3n) is 3.34. The van der Waals surface area contributed by atoms with E-state index < -0.39 is 10.0 Å². The number of hydrogen-bond donors (Lipinski definition) is 1. The van der Waals surface area contributed by atoms with E-state index in [0.717, 1.165) is 12.1 Å². The van der Waals surface area contributed by atoms with Crippen LogP contribution >= 0.6 is 0 Å². The molecule has 120 valence electrons. The van der Waals surface area contributed by atoms with Crippen LogP contribution in [0.3, 0.4) is 0 Å². The van der Waals surface area contributed by atoms with Gasteiger partial charge in [0.15, 0.2) is 0 Å². The van der Waals surface area contributed by atoms with Crippen LogP contribution in [0.4, 0.5) is 0 Å². The summed E-state index contributed by atoms with van der Waals surface area (Å²) in [7, 11) is 2.32. The Hall–Kier alpha value is -0.950. The van der Waals surface area contributed by atoms with Gasteiger partial charge < -0.3 is 10.2 Å². The minimum Gasteiger partial charge on any atom is -0.316 e. The summed E-state index contributed by atoms with van der Waals surface area (Å²) in [6.07, 6.45) is 0. The van der Waals surface area contributed by atoms with Crippen molar-refractivity contribution in [1.29, 1.82) is 0 Å². The number of hydrogen-bond acceptors (Lipinski definition) is 4. The predicted octanol–water partition coefficient (Wildman–Crippen LogP) is 1.37. The Balaban J connectivity index is 3.01. The van der Waals surface area contributed by atoms with E-state index >= 15 is 0 Å². The molecule has 0 spiro atoms. The minimum atomic E-state index is -3.44. The molecule has 0 aromatic heterocycles. The van der Waals surface area contributed by atoms with Gasteiger partial charge in [0, 0.05) is 25.7 Å². The van der Waals surface area contributed by atoms with Crippen LogP contribution in [-0.4, -0.2) is 57.9 Å². The van der Waals surface area contributed by atoms with E-state index in [-0.39, 0.29) is 6.04 Å². The lowest BCUT2D eigenvalue weighted by molar-refractivity contribution is 0.271. The summed E-state index contributed by atoms with van der Waals surface area (Å²) in [6, 6.07) is 7.02. The molecule has 0 saturated heterocycles. The zero-order valence-corrected chi connectivity index (χ0v) is 14.4. The highest BCUT2D eigenvalue weighted by molar-refractivity contribution is 7.89. The highest BCUT2D eigenvalue weighted by Gasteiger charge is 2.27. The van der Waals surface area contributed by atoms with E-state index in [9.17, 15) is 8.42 Å². The molecule has 0 heterocycles. The maximum absolute atomic E-state index is 12.7. The zero-order valence-electron chi connectivity index (χ0n) is 13.6. The van der Waals surface area contributed by atoms with Gasteiger partial charge in [0.1, 0.15) is 0 Å². The topological polar surface area (TPSA) is 52.7 Å². The smallest absolute Gasteiger partial charge is 0.243 e. The molecule has 0 aliphatic heterocycles. The van der Waals surface area contributed by atoms with Crippen LogP contribution in [0.5, 0.6) is 0 Å². The molecule has 1 rings (SSSR count). The van der Waals surface area contributed by atoms with Gasteiger partial charge in [-0.15, -0.1) is 0 Å². The standard InChI is InChI=1S/C15H27N3O2S/c1-6-18(13(2)12-17(4)5)21(19,20)15-9-7-14(8-10-15)11-16-3/h7-10,13,16H,6,11-12H2,1-5H3. The Morgan fingerprint density at radius 2 is 1.76 bits per heavy atom. The summed E-state index contributed by atoms with van der Waals surface area (Å²) in [6.45, 7) is 5.71. The van der Waals surface area contributed by atoms with Crippen molar-refractivity contribution in [3.05, 3.63) is 29.8 Å². The Kier molecular flexibility index (Phi) is 6.80. The maximum atomic E-state index is 12.7. The van der Waals surface area contributed by atoms with Crippen molar-refractivity contribution in [3.8, 4) is 0 Å². The van der Waals surface area contributed by atoms with Gasteiger partial charge >= 0.3 is 0 Å². The van der Waals surface area contributed by atoms with E-state index in [2.05, 4.69) is 5.32 Å². The lowest BCUT2D eigenvalue weighted by Crippen LogP contribution is -2.43. The summed E-state index contributed by atoms with van der Waals surface area (Å²) in [5, 5.41) is 3.05. The summed E-state index contributed by atoms with van der Waals surface area (Å²) < 4.78 is 27.1. The summed E-state index contributed by atoms with van der Waals surface area (Å²) in [4.78, 5) is 2.36. The Bertz CT molecular complexity index is 526. The first-order valence-electron chi connectivity index (χ1n) is 7.23. The number of nitrogens with one attached hydrogen (secondary N) is 1. The molecule has 6 heteroatoms. The molecule has 1 atom stereocenters. The lowest BCUT2D eigenvalue weighted by atomic mass is 10.2. The third-order valence-corrected chi connectivity index (χ3v) is 5.45. The fourth-order valence-electron chi connectivity index (χ4n) is 2.46. The van der Waals surface area contributed by atoms with Crippen LogP contribution in [0.25, 0.3) is 0 Å². The molecular weight excluding hydrogens is 286 g/mol. The van der Waals surface area contributed by atoms with Crippen molar-refractivity contribution in [1.82, 2.24) is 14.5 Å². The molecule has 5 nitrogen and oxygen atoms in total. The van der Waals surface area contributed by atoms with E-state index in [1.54, 1.807) is 16.4 Å². The molecular formula is C15H27N3O2S. The fraction of sp³-hybridized carbons (Fsp3) is 0.600. The van der Waals surface area contributed by atoms with E-state index in [4.69, 9.17) is 0 Å². The second-order valence-electron chi connectivity index (χ2n) is 5.49. The molecule has 1 unspecified atom stereocenters. The van der Waals surface area contributed by atoms with Gasteiger partial charge in [-0.05, 0) is 45.8 Å². The Morgan fingerprint density at radius 1 is 1.19 bits per heavy atom. The van der Waals surface area contributed by atoms with Gasteiger partial charge in [0.05, 0.1) is 4.90 Å². The van der Waals surface area contributed by atoms with Crippen LogP contribution in [0.1, 0.15) is 19.4 Å². The molecule has 0 bridgehead atoms. The summed E-state index contributed by atoms with van der Waals surface area (Å²) in [5.41, 5.74) is 1.07. The van der Waals surface area contributed by atoms with Crippen molar-refractivity contribution in [2.75, 3.05) is 34.2 Å². The van der Waals surface area contributed by atoms with Crippen molar-refractivity contribution in [2.24, 2.45) is 0 Å². The average Bonchev–Trinajstić information content (AvgIpc) is 2.39. The molecule has 1 aromatic carbocycles. The van der Waals surface area contributed by atoms with Gasteiger partial charge in [-0.3, -0.25) is 0 Å². The summed E-state index contributed by atoms with van der Waals surface area (Å²) >= 11 is 0. The summed E-state index contributed by atoms with van der Waals surface area (Å²) in [5.74, 6) is 0. The van der Waals surface area contributed by atoms with Gasteiger partial charge in [-0.1, -0.05) is 19.1 Å². The predicted molar refractivity (Wildman–Crippen MR) is 86.8 cm³/mol. The molecule has 0 aliphatic carbocycles. The van der Waals surface area contributed by atoms with Crippen LogP contribution in [-0.2, 0) is 16.6 Å². The number of sulfonamides is 1. The first kappa shape index (κ1) is 18.1. The Morgan fingerprint density at radius 3 is 2.19 bits per heavy atom. The normalized spacial score (nSPS) is 13.9. The second-order valence-corrected chi connectivity index (χ2v) is 7.38. The van der Waals surface area contributed by atoms with Crippen LogP contribution in [0.15, 0.2) is 29.2 Å². The monoisotopic (exact) mass is 313 g/mol. The number of benzene rings is 1. The fourth-order valence-corrected chi connectivity index (χ4v) is 4.09. The molecule has 0 saturated carbocycles. The van der Waals surface area contributed by atoms with Gasteiger partial charge in [0.25, 0.3) is 0 Å². The van der Waals surface area contributed by atoms with E-state index in [1.807, 2.05) is 52.0 Å². The molecule has 0 amide bonds. The number of likely N-dealkylation sites (N-methyl/N-ethyl adjacent to an activating group) is 2. The highest BCUT2D eigenvalue weighted by Crippen LogP contribution is 2.19. The third kappa shape index (κ3) is 4.78. The second kappa shape index (κ2) is 7.89. The van der Waals surface area contributed by atoms with E-state index in [1.165, 1.54) is 0 Å². The van der Waals surface area contributed by atoms with E-state index in [0.29, 0.717) is 18.0 Å². The van der Waals surface area contributed by atoms with Crippen LogP contribution < -0.4 is 5.32 Å². The van der Waals surface area contributed by atoms with Crippen molar-refractivity contribution in [2.45, 2.75) is 31.3 Å².